The Balaban J connectivity index is 2.54. The molecule has 2 aromatic heterocycles. The van der Waals surface area contributed by atoms with Gasteiger partial charge in [-0.05, 0) is 37.9 Å². The molecule has 2 aromatic rings. The second-order valence-electron chi connectivity index (χ2n) is 3.03. The Hall–Kier alpha value is -0.680. The molecule has 0 atom stereocenters. The van der Waals surface area contributed by atoms with E-state index < -0.39 is 0 Å². The van der Waals surface area contributed by atoms with E-state index in [0.717, 1.165) is 27.0 Å². The molecule has 0 radical (unpaired) electrons. The van der Waals surface area contributed by atoms with Crippen molar-refractivity contribution >= 4 is 31.9 Å². The van der Waals surface area contributed by atoms with E-state index in [1.165, 1.54) is 0 Å². The van der Waals surface area contributed by atoms with Crippen LogP contribution in [0.15, 0.2) is 33.6 Å². The standard InChI is InChI=1S/C10H9Br2N3/c1-2-9-13-3-4-15(9)10-8(12)5-7(11)6-14-10/h3-6H,2H2,1H3. The van der Waals surface area contributed by atoms with Gasteiger partial charge in [0.05, 0.1) is 4.47 Å². The third kappa shape index (κ3) is 2.13. The molecule has 0 saturated carbocycles. The molecule has 5 heteroatoms. The first-order valence-corrected chi connectivity index (χ1v) is 6.14. The van der Waals surface area contributed by atoms with Crippen molar-refractivity contribution in [3.63, 3.8) is 0 Å². The fourth-order valence-electron chi connectivity index (χ4n) is 1.37. The van der Waals surface area contributed by atoms with E-state index in [2.05, 4.69) is 48.8 Å². The van der Waals surface area contributed by atoms with Gasteiger partial charge in [-0.15, -0.1) is 0 Å². The molecule has 0 saturated heterocycles. The van der Waals surface area contributed by atoms with Crippen LogP contribution in [-0.2, 0) is 6.42 Å². The zero-order chi connectivity index (χ0) is 10.8. The molecule has 0 aliphatic rings. The van der Waals surface area contributed by atoms with Gasteiger partial charge < -0.3 is 0 Å². The van der Waals surface area contributed by atoms with E-state index >= 15 is 0 Å². The summed E-state index contributed by atoms with van der Waals surface area (Å²) in [6.45, 7) is 2.07. The van der Waals surface area contributed by atoms with Gasteiger partial charge in [0.25, 0.3) is 0 Å². The Bertz CT molecular complexity index is 479. The molecule has 0 aromatic carbocycles. The SMILES string of the molecule is CCc1nccn1-c1ncc(Br)cc1Br. The molecule has 0 unspecified atom stereocenters. The van der Waals surface area contributed by atoms with Gasteiger partial charge in [-0.2, -0.15) is 0 Å². The highest BCUT2D eigenvalue weighted by Gasteiger charge is 2.08. The highest BCUT2D eigenvalue weighted by Crippen LogP contribution is 2.23. The summed E-state index contributed by atoms with van der Waals surface area (Å²) in [4.78, 5) is 8.62. The van der Waals surface area contributed by atoms with Crippen LogP contribution in [0.25, 0.3) is 5.82 Å². The van der Waals surface area contributed by atoms with Crippen LogP contribution in [0.2, 0.25) is 0 Å². The van der Waals surface area contributed by atoms with Crippen LogP contribution in [0, 0.1) is 0 Å². The Kier molecular flexibility index (Phi) is 3.21. The summed E-state index contributed by atoms with van der Waals surface area (Å²) in [6.07, 6.45) is 6.37. The van der Waals surface area contributed by atoms with Crippen LogP contribution >= 0.6 is 31.9 Å². The molecule has 0 aliphatic carbocycles. The predicted molar refractivity (Wildman–Crippen MR) is 66.1 cm³/mol. The van der Waals surface area contributed by atoms with E-state index in [9.17, 15) is 0 Å². The summed E-state index contributed by atoms with van der Waals surface area (Å²) < 4.78 is 3.89. The lowest BCUT2D eigenvalue weighted by Gasteiger charge is -2.07. The van der Waals surface area contributed by atoms with Crippen molar-refractivity contribution in [2.45, 2.75) is 13.3 Å². The predicted octanol–water partition coefficient (Wildman–Crippen LogP) is 3.35. The van der Waals surface area contributed by atoms with E-state index in [-0.39, 0.29) is 0 Å². The lowest BCUT2D eigenvalue weighted by molar-refractivity contribution is 0.863. The summed E-state index contributed by atoms with van der Waals surface area (Å²) >= 11 is 6.87. The quantitative estimate of drug-likeness (QED) is 0.845. The van der Waals surface area contributed by atoms with Gasteiger partial charge in [-0.3, -0.25) is 4.57 Å². The number of rotatable bonds is 2. The smallest absolute Gasteiger partial charge is 0.152 e. The van der Waals surface area contributed by atoms with E-state index in [1.807, 2.05) is 16.8 Å². The van der Waals surface area contributed by atoms with Crippen molar-refractivity contribution in [1.29, 1.82) is 0 Å². The average Bonchev–Trinajstić information content (AvgIpc) is 2.65. The highest BCUT2D eigenvalue weighted by molar-refractivity contribution is 9.11. The van der Waals surface area contributed by atoms with Crippen molar-refractivity contribution in [1.82, 2.24) is 14.5 Å². The molecule has 0 amide bonds. The molecule has 78 valence electrons. The summed E-state index contributed by atoms with van der Waals surface area (Å²) in [7, 11) is 0. The van der Waals surface area contributed by atoms with E-state index in [1.54, 1.807) is 12.4 Å². The molecular formula is C10H9Br2N3. The zero-order valence-corrected chi connectivity index (χ0v) is 11.3. The van der Waals surface area contributed by atoms with Crippen molar-refractivity contribution in [2.75, 3.05) is 0 Å². The van der Waals surface area contributed by atoms with Gasteiger partial charge in [-0.25, -0.2) is 9.97 Å². The number of hydrogen-bond acceptors (Lipinski definition) is 2. The lowest BCUT2D eigenvalue weighted by Crippen LogP contribution is -2.02. The number of halogens is 2. The maximum absolute atomic E-state index is 4.36. The molecule has 15 heavy (non-hydrogen) atoms. The van der Waals surface area contributed by atoms with Gasteiger partial charge >= 0.3 is 0 Å². The Labute approximate surface area is 105 Å². The molecule has 2 heterocycles. The normalized spacial score (nSPS) is 10.6. The number of pyridine rings is 1. The largest absolute Gasteiger partial charge is 0.287 e. The fourth-order valence-corrected chi connectivity index (χ4v) is 2.55. The molecule has 0 bridgehead atoms. The van der Waals surface area contributed by atoms with Gasteiger partial charge in [0.1, 0.15) is 5.82 Å². The van der Waals surface area contributed by atoms with Crippen molar-refractivity contribution < 1.29 is 0 Å². The van der Waals surface area contributed by atoms with Gasteiger partial charge in [0, 0.05) is 29.5 Å². The van der Waals surface area contributed by atoms with E-state index in [0.29, 0.717) is 0 Å². The minimum atomic E-state index is 0.868. The third-order valence-corrected chi connectivity index (χ3v) is 3.07. The Morgan fingerprint density at radius 1 is 1.33 bits per heavy atom. The molecule has 3 nitrogen and oxygen atoms in total. The Morgan fingerprint density at radius 2 is 2.13 bits per heavy atom. The van der Waals surface area contributed by atoms with Crippen LogP contribution in [0.5, 0.6) is 0 Å². The van der Waals surface area contributed by atoms with Crippen LogP contribution in [0.1, 0.15) is 12.7 Å². The number of imidazole rings is 1. The monoisotopic (exact) mass is 329 g/mol. The van der Waals surface area contributed by atoms with Gasteiger partial charge in [-0.1, -0.05) is 6.92 Å². The number of nitrogens with zero attached hydrogens (tertiary/aromatic N) is 3. The van der Waals surface area contributed by atoms with Crippen LogP contribution < -0.4 is 0 Å². The number of hydrogen-bond donors (Lipinski definition) is 0. The first-order chi connectivity index (χ1) is 7.22. The second-order valence-corrected chi connectivity index (χ2v) is 4.80. The summed E-state index contributed by atoms with van der Waals surface area (Å²) in [5, 5.41) is 0. The minimum absolute atomic E-state index is 0.868. The van der Waals surface area contributed by atoms with Crippen LogP contribution in [0.4, 0.5) is 0 Å². The van der Waals surface area contributed by atoms with Gasteiger partial charge in [0.15, 0.2) is 5.82 Å². The van der Waals surface area contributed by atoms with Gasteiger partial charge in [0.2, 0.25) is 0 Å². The first kappa shape index (κ1) is 10.8. The van der Waals surface area contributed by atoms with Crippen LogP contribution in [-0.4, -0.2) is 14.5 Å². The van der Waals surface area contributed by atoms with Crippen molar-refractivity contribution in [2.24, 2.45) is 0 Å². The van der Waals surface area contributed by atoms with Crippen molar-refractivity contribution in [3.05, 3.63) is 39.4 Å². The van der Waals surface area contributed by atoms with Crippen LogP contribution in [0.3, 0.4) is 0 Å². The molecule has 2 rings (SSSR count). The average molecular weight is 331 g/mol. The topological polar surface area (TPSA) is 30.7 Å². The number of aromatic nitrogens is 3. The second kappa shape index (κ2) is 4.45. The van der Waals surface area contributed by atoms with E-state index in [4.69, 9.17) is 0 Å². The Morgan fingerprint density at radius 3 is 2.80 bits per heavy atom. The maximum atomic E-state index is 4.36. The zero-order valence-electron chi connectivity index (χ0n) is 8.11. The highest BCUT2D eigenvalue weighted by atomic mass is 79.9. The molecule has 0 aliphatic heterocycles. The molecular weight excluding hydrogens is 322 g/mol. The summed E-state index contributed by atoms with van der Waals surface area (Å²) in [6, 6.07) is 1.97. The maximum Gasteiger partial charge on any atom is 0.152 e. The molecule has 0 fully saturated rings. The minimum Gasteiger partial charge on any atom is -0.287 e. The fraction of sp³-hybridized carbons (Fsp3) is 0.200. The number of aryl methyl sites for hydroxylation is 1. The lowest BCUT2D eigenvalue weighted by atomic mass is 10.4. The third-order valence-electron chi connectivity index (χ3n) is 2.05. The summed E-state index contributed by atoms with van der Waals surface area (Å²) in [5.74, 6) is 1.87. The molecule has 0 N–H and O–H groups in total. The van der Waals surface area contributed by atoms with Crippen molar-refractivity contribution in [3.8, 4) is 5.82 Å². The summed E-state index contributed by atoms with van der Waals surface area (Å²) in [5.41, 5.74) is 0. The molecule has 0 spiro atoms. The first-order valence-electron chi connectivity index (χ1n) is 4.56.